The van der Waals surface area contributed by atoms with Gasteiger partial charge in [0.05, 0.1) is 31.2 Å². The molecule has 9 heteroatoms. The third-order valence-corrected chi connectivity index (χ3v) is 3.11. The van der Waals surface area contributed by atoms with Crippen molar-refractivity contribution in [1.82, 2.24) is 5.32 Å². The molecule has 0 aliphatic rings. The molecular weight excluding hydrogens is 329 g/mol. The number of urea groups is 1. The average molecular weight is 348 g/mol. The highest BCUT2D eigenvalue weighted by molar-refractivity contribution is 5.90. The lowest BCUT2D eigenvalue weighted by atomic mass is 9.99. The molecule has 1 rings (SSSR count). The summed E-state index contributed by atoms with van der Waals surface area (Å²) in [5, 5.41) is 4.96. The number of benzene rings is 1. The SMILES string of the molecule is COCC(C)(CC(=O)OC)NC(=O)Nc1ccc(C(F)(F)F)cc1. The maximum Gasteiger partial charge on any atom is 0.416 e. The van der Waals surface area contributed by atoms with Gasteiger partial charge in [-0.3, -0.25) is 4.79 Å². The van der Waals surface area contributed by atoms with E-state index >= 15 is 0 Å². The van der Waals surface area contributed by atoms with Crippen LogP contribution in [0.4, 0.5) is 23.7 Å². The smallest absolute Gasteiger partial charge is 0.416 e. The summed E-state index contributed by atoms with van der Waals surface area (Å²) in [6.07, 6.45) is -4.57. The van der Waals surface area contributed by atoms with Gasteiger partial charge in [0.1, 0.15) is 0 Å². The van der Waals surface area contributed by atoms with Crippen molar-refractivity contribution in [2.45, 2.75) is 25.1 Å². The molecule has 0 saturated heterocycles. The average Bonchev–Trinajstić information content (AvgIpc) is 2.46. The number of anilines is 1. The maximum absolute atomic E-state index is 12.5. The van der Waals surface area contributed by atoms with Crippen molar-refractivity contribution in [2.24, 2.45) is 0 Å². The van der Waals surface area contributed by atoms with Gasteiger partial charge in [-0.25, -0.2) is 4.79 Å². The van der Waals surface area contributed by atoms with E-state index in [1.807, 2.05) is 0 Å². The highest BCUT2D eigenvalue weighted by Gasteiger charge is 2.31. The van der Waals surface area contributed by atoms with E-state index in [0.29, 0.717) is 0 Å². The van der Waals surface area contributed by atoms with Crippen LogP contribution in [0.5, 0.6) is 0 Å². The van der Waals surface area contributed by atoms with E-state index in [0.717, 1.165) is 24.3 Å². The van der Waals surface area contributed by atoms with E-state index < -0.39 is 29.3 Å². The lowest BCUT2D eigenvalue weighted by molar-refractivity contribution is -0.142. The predicted molar refractivity (Wildman–Crippen MR) is 80.5 cm³/mol. The maximum atomic E-state index is 12.5. The van der Waals surface area contributed by atoms with Crippen LogP contribution in [0.3, 0.4) is 0 Å². The van der Waals surface area contributed by atoms with Crippen molar-refractivity contribution in [3.05, 3.63) is 29.8 Å². The molecule has 1 aromatic carbocycles. The third kappa shape index (κ3) is 6.07. The number of halogens is 3. The van der Waals surface area contributed by atoms with Crippen molar-refractivity contribution >= 4 is 17.7 Å². The van der Waals surface area contributed by atoms with Gasteiger partial charge >= 0.3 is 18.2 Å². The number of amides is 2. The second-order valence-corrected chi connectivity index (χ2v) is 5.40. The Kier molecular flexibility index (Phi) is 6.59. The van der Waals surface area contributed by atoms with Gasteiger partial charge in [-0.2, -0.15) is 13.2 Å². The second-order valence-electron chi connectivity index (χ2n) is 5.40. The molecule has 2 N–H and O–H groups in total. The second kappa shape index (κ2) is 8.00. The molecule has 1 aromatic rings. The lowest BCUT2D eigenvalue weighted by Crippen LogP contribution is -2.52. The summed E-state index contributed by atoms with van der Waals surface area (Å²) < 4.78 is 47.0. The van der Waals surface area contributed by atoms with Crippen LogP contribution >= 0.6 is 0 Å². The van der Waals surface area contributed by atoms with E-state index in [1.54, 1.807) is 6.92 Å². The fourth-order valence-corrected chi connectivity index (χ4v) is 2.02. The zero-order valence-electron chi connectivity index (χ0n) is 13.5. The van der Waals surface area contributed by atoms with Crippen LogP contribution < -0.4 is 10.6 Å². The molecule has 0 radical (unpaired) electrons. The molecule has 0 saturated carbocycles. The van der Waals surface area contributed by atoms with Gasteiger partial charge in [0.15, 0.2) is 0 Å². The van der Waals surface area contributed by atoms with Crippen LogP contribution in [0.2, 0.25) is 0 Å². The highest BCUT2D eigenvalue weighted by atomic mass is 19.4. The van der Waals surface area contributed by atoms with Gasteiger partial charge in [-0.05, 0) is 31.2 Å². The van der Waals surface area contributed by atoms with Crippen LogP contribution in [-0.2, 0) is 20.4 Å². The summed E-state index contributed by atoms with van der Waals surface area (Å²) >= 11 is 0. The Hall–Kier alpha value is -2.29. The first-order valence-corrected chi connectivity index (χ1v) is 6.92. The molecule has 0 spiro atoms. The Morgan fingerprint density at radius 2 is 1.71 bits per heavy atom. The number of ether oxygens (including phenoxy) is 2. The molecule has 6 nitrogen and oxygen atoms in total. The van der Waals surface area contributed by atoms with E-state index in [1.165, 1.54) is 14.2 Å². The number of alkyl halides is 3. The normalized spacial score (nSPS) is 13.8. The molecule has 0 aliphatic carbocycles. The fourth-order valence-electron chi connectivity index (χ4n) is 2.02. The van der Waals surface area contributed by atoms with Gasteiger partial charge in [0, 0.05) is 12.8 Å². The summed E-state index contributed by atoms with van der Waals surface area (Å²) in [5.41, 5.74) is -1.67. The summed E-state index contributed by atoms with van der Waals surface area (Å²) in [6.45, 7) is 1.63. The summed E-state index contributed by atoms with van der Waals surface area (Å²) in [4.78, 5) is 23.4. The number of rotatable bonds is 6. The standard InChI is InChI=1S/C15H19F3N2O4/c1-14(9-23-2,8-12(21)24-3)20-13(22)19-11-6-4-10(5-7-11)15(16,17)18/h4-7H,8-9H2,1-3H3,(H2,19,20,22). The van der Waals surface area contributed by atoms with Gasteiger partial charge in [-0.15, -0.1) is 0 Å². The number of nitrogens with one attached hydrogen (secondary N) is 2. The molecule has 2 amide bonds. The van der Waals surface area contributed by atoms with Crippen molar-refractivity contribution in [3.63, 3.8) is 0 Å². The topological polar surface area (TPSA) is 76.7 Å². The molecule has 0 aliphatic heterocycles. The Balaban J connectivity index is 2.73. The van der Waals surface area contributed by atoms with Crippen LogP contribution in [0.1, 0.15) is 18.9 Å². The van der Waals surface area contributed by atoms with E-state index in [2.05, 4.69) is 15.4 Å². The van der Waals surface area contributed by atoms with Crippen molar-refractivity contribution in [3.8, 4) is 0 Å². The van der Waals surface area contributed by atoms with Crippen molar-refractivity contribution < 1.29 is 32.2 Å². The quantitative estimate of drug-likeness (QED) is 0.775. The van der Waals surface area contributed by atoms with Crippen LogP contribution in [0.15, 0.2) is 24.3 Å². The predicted octanol–water partition coefficient (Wildman–Crippen LogP) is 2.80. The Morgan fingerprint density at radius 1 is 1.12 bits per heavy atom. The number of hydrogen-bond acceptors (Lipinski definition) is 4. The largest absolute Gasteiger partial charge is 0.469 e. The minimum absolute atomic E-state index is 0.0442. The molecule has 0 fully saturated rings. The zero-order chi connectivity index (χ0) is 18.4. The summed E-state index contributed by atoms with van der Waals surface area (Å²) in [5.74, 6) is -0.538. The molecular formula is C15H19F3N2O4. The first-order valence-electron chi connectivity index (χ1n) is 6.92. The van der Waals surface area contributed by atoms with Gasteiger partial charge in [0.25, 0.3) is 0 Å². The van der Waals surface area contributed by atoms with Gasteiger partial charge < -0.3 is 20.1 Å². The number of carbonyl (C=O) groups is 2. The minimum Gasteiger partial charge on any atom is -0.469 e. The van der Waals surface area contributed by atoms with Gasteiger partial charge in [-0.1, -0.05) is 0 Å². The summed E-state index contributed by atoms with van der Waals surface area (Å²) in [6, 6.07) is 3.31. The number of methoxy groups -OCH3 is 2. The van der Waals surface area contributed by atoms with Crippen molar-refractivity contribution in [1.29, 1.82) is 0 Å². The molecule has 0 aromatic heterocycles. The van der Waals surface area contributed by atoms with E-state index in [4.69, 9.17) is 4.74 Å². The van der Waals surface area contributed by atoms with Crippen LogP contribution in [-0.4, -0.2) is 38.4 Å². The molecule has 134 valence electrons. The van der Waals surface area contributed by atoms with Crippen LogP contribution in [0, 0.1) is 0 Å². The number of carbonyl (C=O) groups excluding carboxylic acids is 2. The Bertz CT molecular complexity index is 575. The van der Waals surface area contributed by atoms with Crippen molar-refractivity contribution in [2.75, 3.05) is 26.1 Å². The Morgan fingerprint density at radius 3 is 2.17 bits per heavy atom. The molecule has 24 heavy (non-hydrogen) atoms. The monoisotopic (exact) mass is 348 g/mol. The summed E-state index contributed by atoms with van der Waals surface area (Å²) in [7, 11) is 2.63. The molecule has 1 unspecified atom stereocenters. The molecule has 0 bridgehead atoms. The lowest BCUT2D eigenvalue weighted by Gasteiger charge is -2.29. The van der Waals surface area contributed by atoms with E-state index in [-0.39, 0.29) is 18.7 Å². The van der Waals surface area contributed by atoms with Crippen LogP contribution in [0.25, 0.3) is 0 Å². The highest BCUT2D eigenvalue weighted by Crippen LogP contribution is 2.29. The first kappa shape index (κ1) is 19.8. The third-order valence-electron chi connectivity index (χ3n) is 3.11. The van der Waals surface area contributed by atoms with Gasteiger partial charge in [0.2, 0.25) is 0 Å². The molecule has 0 heterocycles. The first-order chi connectivity index (χ1) is 11.1. The Labute approximate surface area is 137 Å². The number of hydrogen-bond donors (Lipinski definition) is 2. The van der Waals surface area contributed by atoms with E-state index in [9.17, 15) is 22.8 Å². The minimum atomic E-state index is -4.45. The fraction of sp³-hybridized carbons (Fsp3) is 0.467. The molecule has 1 atom stereocenters. The zero-order valence-corrected chi connectivity index (χ0v) is 13.5. The number of esters is 1.